The highest BCUT2D eigenvalue weighted by atomic mass is 35.5. The Morgan fingerprint density at radius 3 is 2.31 bits per heavy atom. The van der Waals surface area contributed by atoms with E-state index in [1.165, 1.54) is 0 Å². The van der Waals surface area contributed by atoms with E-state index in [1.54, 1.807) is 50.9 Å². The number of nitrogens with zero attached hydrogens (tertiary/aromatic N) is 2. The maximum Gasteiger partial charge on any atom is 0.239 e. The Morgan fingerprint density at radius 1 is 0.969 bits per heavy atom. The summed E-state index contributed by atoms with van der Waals surface area (Å²) in [5.41, 5.74) is 3.14. The predicted molar refractivity (Wildman–Crippen MR) is 122 cm³/mol. The molecule has 162 valence electrons. The van der Waals surface area contributed by atoms with Gasteiger partial charge in [0.25, 0.3) is 0 Å². The fourth-order valence-electron chi connectivity index (χ4n) is 3.40. The molecular formula is C24H20ClN3O4. The summed E-state index contributed by atoms with van der Waals surface area (Å²) >= 11 is 6.20. The minimum atomic E-state index is -0.289. The average molecular weight is 450 g/mol. The van der Waals surface area contributed by atoms with Crippen LogP contribution in [0.1, 0.15) is 5.56 Å². The second-order valence-corrected chi connectivity index (χ2v) is 7.23. The Balaban J connectivity index is 1.78. The number of anilines is 1. The lowest BCUT2D eigenvalue weighted by atomic mass is 10.00. The Kier molecular flexibility index (Phi) is 6.37. The van der Waals surface area contributed by atoms with Crippen LogP contribution in [0.3, 0.4) is 0 Å². The number of nitrogens with one attached hydrogen (secondary N) is 1. The van der Waals surface area contributed by atoms with Gasteiger partial charge < -0.3 is 14.0 Å². The van der Waals surface area contributed by atoms with E-state index in [0.717, 1.165) is 5.56 Å². The second-order valence-electron chi connectivity index (χ2n) is 6.83. The molecule has 4 aromatic rings. The summed E-state index contributed by atoms with van der Waals surface area (Å²) in [4.78, 5) is 16.9. The van der Waals surface area contributed by atoms with E-state index in [4.69, 9.17) is 25.6 Å². The molecule has 32 heavy (non-hydrogen) atoms. The van der Waals surface area contributed by atoms with Crippen molar-refractivity contribution in [1.29, 1.82) is 0 Å². The number of benzene rings is 2. The highest BCUT2D eigenvalue weighted by molar-refractivity contribution is 6.31. The third-order valence-corrected chi connectivity index (χ3v) is 5.26. The number of methoxy groups -OCH3 is 2. The summed E-state index contributed by atoms with van der Waals surface area (Å²) in [6.07, 6.45) is 3.39. The van der Waals surface area contributed by atoms with Gasteiger partial charge in [0, 0.05) is 17.4 Å². The van der Waals surface area contributed by atoms with E-state index in [-0.39, 0.29) is 18.2 Å². The van der Waals surface area contributed by atoms with Crippen molar-refractivity contribution >= 4 is 23.4 Å². The maximum absolute atomic E-state index is 12.8. The second kappa shape index (κ2) is 9.53. The van der Waals surface area contributed by atoms with Crippen molar-refractivity contribution in [2.45, 2.75) is 6.42 Å². The lowest BCUT2D eigenvalue weighted by Crippen LogP contribution is -2.14. The molecule has 4 rings (SSSR count). The molecule has 0 radical (unpaired) electrons. The van der Waals surface area contributed by atoms with Gasteiger partial charge in [-0.25, -0.2) is 0 Å². The summed E-state index contributed by atoms with van der Waals surface area (Å²) < 4.78 is 16.7. The normalized spacial score (nSPS) is 10.6. The fourth-order valence-corrected chi connectivity index (χ4v) is 3.61. The molecule has 7 nitrogen and oxygen atoms in total. The van der Waals surface area contributed by atoms with Crippen LogP contribution >= 0.6 is 11.6 Å². The van der Waals surface area contributed by atoms with Crippen molar-refractivity contribution in [3.63, 3.8) is 0 Å². The van der Waals surface area contributed by atoms with E-state index in [0.29, 0.717) is 38.9 Å². The van der Waals surface area contributed by atoms with E-state index in [2.05, 4.69) is 15.5 Å². The largest absolute Gasteiger partial charge is 0.496 e. The molecular weight excluding hydrogens is 430 g/mol. The Morgan fingerprint density at radius 2 is 1.66 bits per heavy atom. The predicted octanol–water partition coefficient (Wildman–Crippen LogP) is 5.26. The van der Waals surface area contributed by atoms with Gasteiger partial charge in [0.1, 0.15) is 17.2 Å². The minimum Gasteiger partial charge on any atom is -0.496 e. The van der Waals surface area contributed by atoms with Crippen molar-refractivity contribution in [3.8, 4) is 33.9 Å². The molecule has 0 bridgehead atoms. The maximum atomic E-state index is 12.8. The van der Waals surface area contributed by atoms with Crippen LogP contribution < -0.4 is 14.8 Å². The van der Waals surface area contributed by atoms with Gasteiger partial charge in [-0.15, -0.1) is 0 Å². The van der Waals surface area contributed by atoms with Crippen LogP contribution in [-0.4, -0.2) is 30.3 Å². The highest BCUT2D eigenvalue weighted by Gasteiger charge is 2.26. The summed E-state index contributed by atoms with van der Waals surface area (Å²) in [6.45, 7) is 0. The van der Waals surface area contributed by atoms with E-state index >= 15 is 0 Å². The number of pyridine rings is 1. The first-order valence-corrected chi connectivity index (χ1v) is 10.1. The van der Waals surface area contributed by atoms with Gasteiger partial charge in [-0.05, 0) is 41.5 Å². The van der Waals surface area contributed by atoms with Gasteiger partial charge in [0.2, 0.25) is 11.8 Å². The van der Waals surface area contributed by atoms with Crippen molar-refractivity contribution in [3.05, 3.63) is 77.6 Å². The lowest BCUT2D eigenvalue weighted by Gasteiger charge is -2.12. The summed E-state index contributed by atoms with van der Waals surface area (Å²) in [6, 6.07) is 16.2. The standard InChI is InChI=1S/C24H20ClN3O4/c1-30-18-8-5-9-19(31-2)22(18)23-21(15-10-12-26-13-11-15)24(32-28-23)27-20(29)14-16-6-3-4-7-17(16)25/h3-13H,14H2,1-2H3,(H,27,29). The van der Waals surface area contributed by atoms with Crippen LogP contribution in [0.25, 0.3) is 22.4 Å². The lowest BCUT2D eigenvalue weighted by molar-refractivity contribution is -0.115. The Hall–Kier alpha value is -3.84. The molecule has 0 saturated carbocycles. The first-order valence-electron chi connectivity index (χ1n) is 9.77. The molecule has 2 aromatic heterocycles. The molecule has 0 atom stereocenters. The van der Waals surface area contributed by atoms with Gasteiger partial charge in [0.15, 0.2) is 0 Å². The fraction of sp³-hybridized carbons (Fsp3) is 0.125. The van der Waals surface area contributed by atoms with Crippen molar-refractivity contribution in [1.82, 2.24) is 10.1 Å². The van der Waals surface area contributed by atoms with Crippen LogP contribution in [0.2, 0.25) is 5.02 Å². The van der Waals surface area contributed by atoms with Crippen molar-refractivity contribution < 1.29 is 18.8 Å². The number of carbonyl (C=O) groups excluding carboxylic acids is 1. The summed E-state index contributed by atoms with van der Waals surface area (Å²) in [5.74, 6) is 1.03. The first-order chi connectivity index (χ1) is 15.6. The van der Waals surface area contributed by atoms with Gasteiger partial charge in [0.05, 0.1) is 31.8 Å². The molecule has 0 saturated heterocycles. The zero-order chi connectivity index (χ0) is 22.5. The molecule has 0 spiro atoms. The van der Waals surface area contributed by atoms with Gasteiger partial charge in [-0.3, -0.25) is 15.1 Å². The van der Waals surface area contributed by atoms with Crippen molar-refractivity contribution in [2.24, 2.45) is 0 Å². The SMILES string of the molecule is COc1cccc(OC)c1-c1noc(NC(=O)Cc2ccccc2Cl)c1-c1ccncc1. The third kappa shape index (κ3) is 4.29. The van der Waals surface area contributed by atoms with Crippen LogP contribution in [0.15, 0.2) is 71.5 Å². The number of rotatable bonds is 7. The smallest absolute Gasteiger partial charge is 0.239 e. The molecule has 2 aromatic carbocycles. The molecule has 1 N–H and O–H groups in total. The molecule has 0 aliphatic heterocycles. The molecule has 0 unspecified atom stereocenters. The van der Waals surface area contributed by atoms with Crippen LogP contribution in [0.4, 0.5) is 5.88 Å². The zero-order valence-electron chi connectivity index (χ0n) is 17.5. The average Bonchev–Trinajstić information content (AvgIpc) is 3.23. The van der Waals surface area contributed by atoms with Gasteiger partial charge >= 0.3 is 0 Å². The van der Waals surface area contributed by atoms with Crippen molar-refractivity contribution in [2.75, 3.05) is 19.5 Å². The van der Waals surface area contributed by atoms with Crippen LogP contribution in [0, 0.1) is 0 Å². The van der Waals surface area contributed by atoms with E-state index < -0.39 is 0 Å². The number of hydrogen-bond acceptors (Lipinski definition) is 6. The number of carbonyl (C=O) groups is 1. The number of hydrogen-bond donors (Lipinski definition) is 1. The third-order valence-electron chi connectivity index (χ3n) is 4.89. The number of halogens is 1. The highest BCUT2D eigenvalue weighted by Crippen LogP contribution is 2.45. The number of ether oxygens (including phenoxy) is 2. The van der Waals surface area contributed by atoms with Crippen LogP contribution in [-0.2, 0) is 11.2 Å². The molecule has 8 heteroatoms. The molecule has 0 fully saturated rings. The topological polar surface area (TPSA) is 86.5 Å². The van der Waals surface area contributed by atoms with Crippen LogP contribution in [0.5, 0.6) is 11.5 Å². The quantitative estimate of drug-likeness (QED) is 0.414. The summed E-state index contributed by atoms with van der Waals surface area (Å²) in [5, 5.41) is 7.60. The first kappa shape index (κ1) is 21.4. The molecule has 0 aliphatic rings. The monoisotopic (exact) mass is 449 g/mol. The zero-order valence-corrected chi connectivity index (χ0v) is 18.2. The van der Waals surface area contributed by atoms with Gasteiger partial charge in [-0.2, -0.15) is 0 Å². The van der Waals surface area contributed by atoms with E-state index in [1.807, 2.05) is 30.3 Å². The van der Waals surface area contributed by atoms with Gasteiger partial charge in [-0.1, -0.05) is 41.0 Å². The Labute approximate surface area is 189 Å². The van der Waals surface area contributed by atoms with E-state index in [9.17, 15) is 4.79 Å². The minimum absolute atomic E-state index is 0.0868. The summed E-state index contributed by atoms with van der Waals surface area (Å²) in [7, 11) is 3.13. The molecule has 2 heterocycles. The number of aromatic nitrogens is 2. The molecule has 0 aliphatic carbocycles. The number of amides is 1. The molecule has 1 amide bonds. The Bertz CT molecular complexity index is 1220.